The van der Waals surface area contributed by atoms with Crippen LogP contribution in [0.3, 0.4) is 0 Å². The molecule has 2 aliphatic rings. The van der Waals surface area contributed by atoms with Crippen LogP contribution in [0.4, 0.5) is 0 Å². The van der Waals surface area contributed by atoms with Gasteiger partial charge in [0.2, 0.25) is 0 Å². The highest BCUT2D eigenvalue weighted by Gasteiger charge is 2.48. The van der Waals surface area contributed by atoms with Crippen molar-refractivity contribution >= 4 is 9.84 Å². The fraction of sp³-hybridized carbons (Fsp3) is 0.520. The van der Waals surface area contributed by atoms with Gasteiger partial charge in [-0.05, 0) is 81.0 Å². The molecule has 0 amide bonds. The second-order valence-electron chi connectivity index (χ2n) is 8.96. The molecule has 1 saturated carbocycles. The summed E-state index contributed by atoms with van der Waals surface area (Å²) in [6.45, 7) is 4.01. The van der Waals surface area contributed by atoms with E-state index in [1.165, 1.54) is 11.1 Å². The first kappa shape index (κ1) is 22.2. The molecule has 0 radical (unpaired) electrons. The maximum atomic E-state index is 13.3. The van der Waals surface area contributed by atoms with Crippen molar-refractivity contribution in [3.8, 4) is 11.5 Å². The molecule has 2 aromatic rings. The van der Waals surface area contributed by atoms with Crippen molar-refractivity contribution in [1.82, 2.24) is 4.90 Å². The van der Waals surface area contributed by atoms with E-state index in [2.05, 4.69) is 24.0 Å². The Morgan fingerprint density at radius 1 is 1.03 bits per heavy atom. The van der Waals surface area contributed by atoms with Gasteiger partial charge in [0.1, 0.15) is 0 Å². The lowest BCUT2D eigenvalue weighted by Crippen LogP contribution is -2.46. The summed E-state index contributed by atoms with van der Waals surface area (Å²) in [6.07, 6.45) is 5.13. The summed E-state index contributed by atoms with van der Waals surface area (Å²) >= 11 is 0. The van der Waals surface area contributed by atoms with Crippen LogP contribution in [0.5, 0.6) is 11.5 Å². The lowest BCUT2D eigenvalue weighted by molar-refractivity contribution is 0.172. The number of rotatable bonds is 8. The first-order valence-electron chi connectivity index (χ1n) is 11.2. The summed E-state index contributed by atoms with van der Waals surface area (Å²) < 4.78 is 37.0. The van der Waals surface area contributed by atoms with E-state index >= 15 is 0 Å². The van der Waals surface area contributed by atoms with Crippen LogP contribution in [-0.2, 0) is 22.8 Å². The third-order valence-electron chi connectivity index (χ3n) is 7.18. The fourth-order valence-corrected chi connectivity index (χ4v) is 7.35. The van der Waals surface area contributed by atoms with Crippen molar-refractivity contribution in [2.45, 2.75) is 67.7 Å². The zero-order valence-corrected chi connectivity index (χ0v) is 19.6. The molecule has 1 aliphatic carbocycles. The molecule has 4 rings (SSSR count). The predicted molar refractivity (Wildman–Crippen MR) is 123 cm³/mol. The molecule has 31 heavy (non-hydrogen) atoms. The van der Waals surface area contributed by atoms with Crippen LogP contribution in [0.15, 0.2) is 47.4 Å². The second-order valence-corrected chi connectivity index (χ2v) is 11.3. The standard InChI is InChI=1S/C25H33NO4S/c1-19-15-20-16-23(29-2)24(30-3)17-21(20)18-26(19)14-8-13-25(11-7-12-25)31(27,28)22-9-5-4-6-10-22/h4-6,9-10,16-17,19H,7-8,11-15,18H2,1-3H3. The van der Waals surface area contributed by atoms with Gasteiger partial charge in [-0.3, -0.25) is 4.90 Å². The van der Waals surface area contributed by atoms with Crippen LogP contribution < -0.4 is 9.47 Å². The highest BCUT2D eigenvalue weighted by Crippen LogP contribution is 2.46. The Kier molecular flexibility index (Phi) is 6.31. The Morgan fingerprint density at radius 3 is 2.26 bits per heavy atom. The van der Waals surface area contributed by atoms with Crippen LogP contribution >= 0.6 is 0 Å². The quantitative estimate of drug-likeness (QED) is 0.596. The van der Waals surface area contributed by atoms with E-state index in [0.29, 0.717) is 10.9 Å². The van der Waals surface area contributed by atoms with Gasteiger partial charge in [0, 0.05) is 12.6 Å². The van der Waals surface area contributed by atoms with Crippen LogP contribution in [-0.4, -0.2) is 44.9 Å². The van der Waals surface area contributed by atoms with E-state index < -0.39 is 14.6 Å². The smallest absolute Gasteiger partial charge is 0.184 e. The molecule has 1 atom stereocenters. The SMILES string of the molecule is COc1cc2c(cc1OC)CN(CCCC1(S(=O)(=O)c3ccccc3)CCC1)C(C)C2. The minimum Gasteiger partial charge on any atom is -0.493 e. The number of benzene rings is 2. The summed E-state index contributed by atoms with van der Waals surface area (Å²) in [5.74, 6) is 1.54. The van der Waals surface area contributed by atoms with E-state index in [0.717, 1.165) is 63.1 Å². The van der Waals surface area contributed by atoms with Crippen LogP contribution in [0, 0.1) is 0 Å². The molecule has 1 fully saturated rings. The molecule has 0 aromatic heterocycles. The van der Waals surface area contributed by atoms with Crippen LogP contribution in [0.1, 0.15) is 50.2 Å². The lowest BCUT2D eigenvalue weighted by Gasteiger charge is -2.42. The lowest BCUT2D eigenvalue weighted by atomic mass is 9.80. The molecule has 2 aromatic carbocycles. The number of sulfone groups is 1. The first-order valence-corrected chi connectivity index (χ1v) is 12.7. The topological polar surface area (TPSA) is 55.8 Å². The normalized spacial score (nSPS) is 20.5. The average molecular weight is 444 g/mol. The third-order valence-corrected chi connectivity index (χ3v) is 9.83. The molecule has 1 aliphatic heterocycles. The Hall–Kier alpha value is -2.05. The van der Waals surface area contributed by atoms with Gasteiger partial charge in [0.05, 0.1) is 23.9 Å². The molecule has 5 nitrogen and oxygen atoms in total. The number of nitrogens with zero attached hydrogens (tertiary/aromatic N) is 1. The first-order chi connectivity index (χ1) is 14.9. The van der Waals surface area contributed by atoms with Gasteiger partial charge in [-0.2, -0.15) is 0 Å². The fourth-order valence-electron chi connectivity index (χ4n) is 5.10. The monoisotopic (exact) mass is 443 g/mol. The van der Waals surface area contributed by atoms with Crippen molar-refractivity contribution < 1.29 is 17.9 Å². The Morgan fingerprint density at radius 2 is 1.68 bits per heavy atom. The Labute approximate surface area is 186 Å². The maximum absolute atomic E-state index is 13.3. The molecule has 0 bridgehead atoms. The number of fused-ring (bicyclic) bond motifs is 1. The van der Waals surface area contributed by atoms with E-state index in [-0.39, 0.29) is 0 Å². The molecular weight excluding hydrogens is 410 g/mol. The van der Waals surface area contributed by atoms with Crippen LogP contribution in [0.25, 0.3) is 0 Å². The molecule has 0 N–H and O–H groups in total. The van der Waals surface area contributed by atoms with Gasteiger partial charge in [-0.25, -0.2) is 8.42 Å². The second kappa shape index (κ2) is 8.83. The summed E-state index contributed by atoms with van der Waals surface area (Å²) in [7, 11) is 0.0399. The average Bonchev–Trinajstić information content (AvgIpc) is 2.75. The van der Waals surface area contributed by atoms with Crippen molar-refractivity contribution in [2.75, 3.05) is 20.8 Å². The largest absolute Gasteiger partial charge is 0.493 e. The third kappa shape index (κ3) is 4.08. The Bertz CT molecular complexity index is 1020. The van der Waals surface area contributed by atoms with Gasteiger partial charge in [-0.15, -0.1) is 0 Å². The molecule has 1 heterocycles. The highest BCUT2D eigenvalue weighted by atomic mass is 32.2. The number of ether oxygens (including phenoxy) is 2. The predicted octanol–water partition coefficient (Wildman–Crippen LogP) is 4.63. The maximum Gasteiger partial charge on any atom is 0.184 e. The summed E-state index contributed by atoms with van der Waals surface area (Å²) in [5.41, 5.74) is 2.58. The minimum absolute atomic E-state index is 0.411. The van der Waals surface area contributed by atoms with Crippen molar-refractivity contribution in [3.63, 3.8) is 0 Å². The zero-order valence-electron chi connectivity index (χ0n) is 18.8. The van der Waals surface area contributed by atoms with Crippen LogP contribution in [0.2, 0.25) is 0 Å². The van der Waals surface area contributed by atoms with E-state index in [1.807, 2.05) is 18.2 Å². The molecule has 0 saturated heterocycles. The highest BCUT2D eigenvalue weighted by molar-refractivity contribution is 7.93. The van der Waals surface area contributed by atoms with E-state index in [1.54, 1.807) is 26.4 Å². The number of methoxy groups -OCH3 is 2. The van der Waals surface area contributed by atoms with Crippen molar-refractivity contribution in [2.24, 2.45) is 0 Å². The summed E-state index contributed by atoms with van der Waals surface area (Å²) in [6, 6.07) is 13.6. The molecule has 168 valence electrons. The molecule has 0 spiro atoms. The van der Waals surface area contributed by atoms with Gasteiger partial charge >= 0.3 is 0 Å². The summed E-state index contributed by atoms with van der Waals surface area (Å²) in [5, 5.41) is 0. The van der Waals surface area contributed by atoms with Crippen molar-refractivity contribution in [3.05, 3.63) is 53.6 Å². The van der Waals surface area contributed by atoms with Gasteiger partial charge in [-0.1, -0.05) is 24.6 Å². The zero-order chi connectivity index (χ0) is 22.1. The molecular formula is C25H33NO4S. The van der Waals surface area contributed by atoms with E-state index in [9.17, 15) is 8.42 Å². The molecule has 6 heteroatoms. The number of hydrogen-bond acceptors (Lipinski definition) is 5. The van der Waals surface area contributed by atoms with E-state index in [4.69, 9.17) is 9.47 Å². The van der Waals surface area contributed by atoms with Gasteiger partial charge in [0.25, 0.3) is 0 Å². The van der Waals surface area contributed by atoms with Gasteiger partial charge in [0.15, 0.2) is 21.3 Å². The van der Waals surface area contributed by atoms with Crippen molar-refractivity contribution in [1.29, 1.82) is 0 Å². The Balaban J connectivity index is 1.44. The van der Waals surface area contributed by atoms with Gasteiger partial charge < -0.3 is 9.47 Å². The minimum atomic E-state index is -3.29. The number of hydrogen-bond donors (Lipinski definition) is 0. The molecule has 1 unspecified atom stereocenters. The summed E-state index contributed by atoms with van der Waals surface area (Å²) in [4.78, 5) is 2.94.